The monoisotopic (exact) mass is 471 g/mol. The van der Waals surface area contributed by atoms with Gasteiger partial charge in [-0.15, -0.1) is 0 Å². The standard InChI is InChI=1S/C27H39FN2.C2H6.CH5N/c1-4-23(12-11-22(3)28)19-24-13-17-29(18-14-24)15-8-16-30-21-25(5-2)26-9-6-7-10-27(30)20-26;2*1-2/h4-5,9-12,21-22,24H,2,6-8,13-20H2,1,3H3;1-2H3;2H2,1H3/b12-11-,23-4+;;. The molecule has 3 nitrogen and oxygen atoms in total. The predicted molar refractivity (Wildman–Crippen MR) is 148 cm³/mol. The van der Waals surface area contributed by atoms with E-state index in [9.17, 15) is 4.39 Å². The summed E-state index contributed by atoms with van der Waals surface area (Å²) in [5, 5.41) is 0. The first kappa shape index (κ1) is 30.1. The summed E-state index contributed by atoms with van der Waals surface area (Å²) in [5.41, 5.74) is 9.99. The van der Waals surface area contributed by atoms with Gasteiger partial charge in [0, 0.05) is 24.9 Å². The van der Waals surface area contributed by atoms with Crippen LogP contribution < -0.4 is 5.73 Å². The molecule has 3 aliphatic rings. The zero-order chi connectivity index (χ0) is 25.3. The van der Waals surface area contributed by atoms with Gasteiger partial charge in [-0.3, -0.25) is 0 Å². The van der Waals surface area contributed by atoms with Crippen molar-refractivity contribution in [3.8, 4) is 0 Å². The van der Waals surface area contributed by atoms with Crippen LogP contribution in [0.25, 0.3) is 0 Å². The van der Waals surface area contributed by atoms with Crippen molar-refractivity contribution >= 4 is 0 Å². The topological polar surface area (TPSA) is 32.5 Å². The highest BCUT2D eigenvalue weighted by Gasteiger charge is 2.21. The molecule has 0 aromatic heterocycles. The lowest BCUT2D eigenvalue weighted by atomic mass is 9.89. The fraction of sp³-hybridized carbons (Fsp3) is 0.600. The van der Waals surface area contributed by atoms with Gasteiger partial charge in [-0.1, -0.05) is 62.5 Å². The fourth-order valence-corrected chi connectivity index (χ4v) is 4.76. The summed E-state index contributed by atoms with van der Waals surface area (Å²) in [5.74, 6) is 0.730. The van der Waals surface area contributed by atoms with Gasteiger partial charge in [0.15, 0.2) is 0 Å². The third-order valence-electron chi connectivity index (χ3n) is 6.61. The number of piperidine rings is 1. The van der Waals surface area contributed by atoms with Crippen molar-refractivity contribution < 1.29 is 4.39 Å². The van der Waals surface area contributed by atoms with Crippen LogP contribution in [0.1, 0.15) is 72.6 Å². The van der Waals surface area contributed by atoms with Gasteiger partial charge >= 0.3 is 0 Å². The van der Waals surface area contributed by atoms with Crippen LogP contribution >= 0.6 is 0 Å². The largest absolute Gasteiger partial charge is 0.351 e. The Morgan fingerprint density at radius 3 is 2.47 bits per heavy atom. The number of allylic oxidation sites excluding steroid dienone is 9. The molecule has 0 aromatic rings. The normalized spacial score (nSPS) is 20.1. The minimum atomic E-state index is -0.865. The first-order valence-corrected chi connectivity index (χ1v) is 13.4. The molecule has 1 unspecified atom stereocenters. The van der Waals surface area contributed by atoms with E-state index in [1.54, 1.807) is 13.0 Å². The first-order chi connectivity index (χ1) is 16.6. The van der Waals surface area contributed by atoms with Crippen LogP contribution in [0.5, 0.6) is 0 Å². The zero-order valence-corrected chi connectivity index (χ0v) is 22.5. The Kier molecular flexibility index (Phi) is 15.5. The average molecular weight is 472 g/mol. The van der Waals surface area contributed by atoms with Gasteiger partial charge in [0.25, 0.3) is 0 Å². The van der Waals surface area contributed by atoms with E-state index in [0.717, 1.165) is 38.1 Å². The Morgan fingerprint density at radius 2 is 1.85 bits per heavy atom. The van der Waals surface area contributed by atoms with Crippen LogP contribution in [0.2, 0.25) is 0 Å². The molecular weight excluding hydrogens is 421 g/mol. The van der Waals surface area contributed by atoms with E-state index >= 15 is 0 Å². The summed E-state index contributed by atoms with van der Waals surface area (Å²) in [6, 6.07) is 0. The summed E-state index contributed by atoms with van der Waals surface area (Å²) in [4.78, 5) is 5.09. The van der Waals surface area contributed by atoms with Gasteiger partial charge in [-0.25, -0.2) is 4.39 Å². The van der Waals surface area contributed by atoms with E-state index < -0.39 is 6.17 Å². The minimum absolute atomic E-state index is 0.730. The van der Waals surface area contributed by atoms with E-state index in [0.29, 0.717) is 0 Å². The van der Waals surface area contributed by atoms with Crippen LogP contribution in [-0.4, -0.2) is 49.2 Å². The van der Waals surface area contributed by atoms with Crippen LogP contribution in [0.3, 0.4) is 0 Å². The lowest BCUT2D eigenvalue weighted by Gasteiger charge is -2.34. The van der Waals surface area contributed by atoms with Gasteiger partial charge in [-0.05, 0) is 96.1 Å². The van der Waals surface area contributed by atoms with Gasteiger partial charge in [0.05, 0.1) is 0 Å². The smallest absolute Gasteiger partial charge is 0.116 e. The summed E-state index contributed by atoms with van der Waals surface area (Å²) in [7, 11) is 1.50. The summed E-state index contributed by atoms with van der Waals surface area (Å²) in [6.45, 7) is 16.3. The molecule has 0 amide bonds. The van der Waals surface area contributed by atoms with Crippen molar-refractivity contribution in [2.75, 3.05) is 33.2 Å². The molecule has 0 saturated carbocycles. The summed E-state index contributed by atoms with van der Waals surface area (Å²) < 4.78 is 13.1. The SMILES string of the molecule is C=CC1=CN(CCCN2CCC(CC(/C=C\C(C)F)=C/C)CC2)C2=CCCC=C1C2.CC.CN. The number of nitrogens with two attached hydrogens (primary N) is 1. The molecule has 1 atom stereocenters. The number of fused-ring (bicyclic) bond motifs is 2. The lowest BCUT2D eigenvalue weighted by molar-refractivity contribution is 0.178. The molecule has 192 valence electrons. The maximum absolute atomic E-state index is 13.1. The number of alkyl halides is 1. The van der Waals surface area contributed by atoms with Gasteiger partial charge < -0.3 is 15.5 Å². The Balaban J connectivity index is 0.00000137. The van der Waals surface area contributed by atoms with Gasteiger partial charge in [0.2, 0.25) is 0 Å². The highest BCUT2D eigenvalue weighted by molar-refractivity contribution is 5.45. The summed E-state index contributed by atoms with van der Waals surface area (Å²) >= 11 is 0. The number of halogens is 1. The Bertz CT molecular complexity index is 734. The van der Waals surface area contributed by atoms with Crippen LogP contribution in [-0.2, 0) is 0 Å². The average Bonchev–Trinajstić information content (AvgIpc) is 3.09. The molecule has 1 saturated heterocycles. The number of nitrogens with zero attached hydrogens (tertiary/aromatic N) is 2. The van der Waals surface area contributed by atoms with E-state index in [-0.39, 0.29) is 0 Å². The molecule has 1 fully saturated rings. The van der Waals surface area contributed by atoms with Crippen molar-refractivity contribution in [2.24, 2.45) is 11.7 Å². The Morgan fingerprint density at radius 1 is 1.18 bits per heavy atom. The molecule has 2 aliphatic heterocycles. The highest BCUT2D eigenvalue weighted by atomic mass is 19.1. The fourth-order valence-electron chi connectivity index (χ4n) is 4.76. The minimum Gasteiger partial charge on any atom is -0.351 e. The highest BCUT2D eigenvalue weighted by Crippen LogP contribution is 2.32. The second-order valence-corrected chi connectivity index (χ2v) is 8.90. The molecule has 0 aromatic carbocycles. The number of hydrogen-bond acceptors (Lipinski definition) is 3. The second kappa shape index (κ2) is 17.5. The van der Waals surface area contributed by atoms with Gasteiger partial charge in [-0.2, -0.15) is 0 Å². The molecular formula is C30H50FN3. The molecule has 4 heteroatoms. The maximum Gasteiger partial charge on any atom is 0.116 e. The molecule has 1 aliphatic carbocycles. The van der Waals surface area contributed by atoms with E-state index in [4.69, 9.17) is 0 Å². The Hall–Kier alpha value is -1.91. The van der Waals surface area contributed by atoms with Crippen LogP contribution in [0.15, 0.2) is 71.7 Å². The van der Waals surface area contributed by atoms with E-state index in [1.165, 1.54) is 68.4 Å². The van der Waals surface area contributed by atoms with Crippen LogP contribution in [0, 0.1) is 5.92 Å². The van der Waals surface area contributed by atoms with Crippen molar-refractivity contribution in [1.82, 2.24) is 9.80 Å². The van der Waals surface area contributed by atoms with Gasteiger partial charge in [0.1, 0.15) is 6.17 Å². The van der Waals surface area contributed by atoms with Crippen molar-refractivity contribution in [1.29, 1.82) is 0 Å². The van der Waals surface area contributed by atoms with Crippen molar-refractivity contribution in [2.45, 2.75) is 78.8 Å². The number of rotatable bonds is 9. The predicted octanol–water partition coefficient (Wildman–Crippen LogP) is 7.32. The number of likely N-dealkylation sites (tertiary alicyclic amines) is 1. The molecule has 2 heterocycles. The van der Waals surface area contributed by atoms with E-state index in [1.807, 2.05) is 26.0 Å². The maximum atomic E-state index is 13.1. The van der Waals surface area contributed by atoms with Crippen molar-refractivity contribution in [3.63, 3.8) is 0 Å². The summed E-state index contributed by atoms with van der Waals surface area (Å²) in [6.07, 6.45) is 22.2. The lowest BCUT2D eigenvalue weighted by Crippen LogP contribution is -2.35. The molecule has 2 N–H and O–H groups in total. The third kappa shape index (κ3) is 10.1. The van der Waals surface area contributed by atoms with Crippen LogP contribution in [0.4, 0.5) is 4.39 Å². The molecule has 0 spiro atoms. The number of hydrogen-bond donors (Lipinski definition) is 1. The molecule has 3 rings (SSSR count). The van der Waals surface area contributed by atoms with E-state index in [2.05, 4.69) is 53.5 Å². The quantitative estimate of drug-likeness (QED) is 0.358. The Labute approximate surface area is 209 Å². The zero-order valence-electron chi connectivity index (χ0n) is 22.5. The molecule has 0 radical (unpaired) electrons. The molecule has 34 heavy (non-hydrogen) atoms. The first-order valence-electron chi connectivity index (χ1n) is 13.4. The second-order valence-electron chi connectivity index (χ2n) is 8.90. The molecule has 2 bridgehead atoms. The van der Waals surface area contributed by atoms with Crippen molar-refractivity contribution in [3.05, 3.63) is 71.7 Å². The third-order valence-corrected chi connectivity index (χ3v) is 6.61.